The second-order valence-corrected chi connectivity index (χ2v) is 5.98. The maximum absolute atomic E-state index is 11.9. The Balaban J connectivity index is 2.09. The van der Waals surface area contributed by atoms with E-state index in [1.807, 2.05) is 13.0 Å². The van der Waals surface area contributed by atoms with E-state index in [4.69, 9.17) is 22.1 Å². The Hall–Kier alpha value is -1.37. The van der Waals surface area contributed by atoms with Gasteiger partial charge in [0.1, 0.15) is 12.4 Å². The van der Waals surface area contributed by atoms with Crippen LogP contribution in [0.25, 0.3) is 0 Å². The normalized spacial score (nSPS) is 12.4. The first kappa shape index (κ1) is 14.0. The first-order valence-electron chi connectivity index (χ1n) is 5.74. The summed E-state index contributed by atoms with van der Waals surface area (Å²) in [6, 6.07) is 4.99. The van der Waals surface area contributed by atoms with Gasteiger partial charge in [0.25, 0.3) is 5.56 Å². The van der Waals surface area contributed by atoms with Crippen molar-refractivity contribution in [1.82, 2.24) is 9.78 Å². The van der Waals surface area contributed by atoms with Crippen LogP contribution in [-0.2, 0) is 6.54 Å². The number of nitrogens with zero attached hydrogens (tertiary/aromatic N) is 2. The van der Waals surface area contributed by atoms with E-state index in [2.05, 4.69) is 5.10 Å². The fourth-order valence-electron chi connectivity index (χ4n) is 1.43. The van der Waals surface area contributed by atoms with Gasteiger partial charge in [-0.2, -0.15) is 5.10 Å². The van der Waals surface area contributed by atoms with Crippen LogP contribution in [0, 0.1) is 0 Å². The Bertz CT molecular complexity index is 609. The van der Waals surface area contributed by atoms with Gasteiger partial charge in [-0.15, -0.1) is 11.3 Å². The summed E-state index contributed by atoms with van der Waals surface area (Å²) in [7, 11) is 0. The summed E-state index contributed by atoms with van der Waals surface area (Å²) in [5.41, 5.74) is 5.36. The van der Waals surface area contributed by atoms with Crippen molar-refractivity contribution in [2.75, 3.05) is 6.61 Å². The topological polar surface area (TPSA) is 70.1 Å². The van der Waals surface area contributed by atoms with E-state index in [-0.39, 0.29) is 11.6 Å². The van der Waals surface area contributed by atoms with Crippen LogP contribution in [-0.4, -0.2) is 22.4 Å². The predicted octanol–water partition coefficient (Wildman–Crippen LogP) is 1.73. The van der Waals surface area contributed by atoms with Crippen molar-refractivity contribution < 1.29 is 4.74 Å². The second-order valence-electron chi connectivity index (χ2n) is 4.18. The minimum atomic E-state index is -0.216. The number of halogens is 1. The number of ether oxygens (including phenoxy) is 1. The lowest BCUT2D eigenvalue weighted by molar-refractivity contribution is 0.293. The molecule has 2 heterocycles. The molecule has 2 aromatic rings. The molecular weight excluding hydrogens is 286 g/mol. The molecule has 1 atom stereocenters. The second kappa shape index (κ2) is 6.18. The average Bonchev–Trinajstić information content (AvgIpc) is 2.75. The van der Waals surface area contributed by atoms with Gasteiger partial charge in [0.2, 0.25) is 0 Å². The van der Waals surface area contributed by atoms with E-state index >= 15 is 0 Å². The minimum Gasteiger partial charge on any atom is -0.490 e. The molecule has 19 heavy (non-hydrogen) atoms. The number of hydrogen-bond acceptors (Lipinski definition) is 5. The van der Waals surface area contributed by atoms with E-state index in [1.165, 1.54) is 28.3 Å². The summed E-state index contributed by atoms with van der Waals surface area (Å²) in [6.07, 6.45) is 1.51. The van der Waals surface area contributed by atoms with Gasteiger partial charge in [0.15, 0.2) is 0 Å². The third kappa shape index (κ3) is 4.05. The van der Waals surface area contributed by atoms with Gasteiger partial charge in [0.05, 0.1) is 17.1 Å². The maximum Gasteiger partial charge on any atom is 0.270 e. The van der Waals surface area contributed by atoms with E-state index in [0.717, 1.165) is 4.88 Å². The molecule has 0 amide bonds. The fourth-order valence-corrected chi connectivity index (χ4v) is 2.50. The number of rotatable bonds is 5. The molecule has 0 aliphatic rings. The van der Waals surface area contributed by atoms with Crippen molar-refractivity contribution in [3.05, 3.63) is 44.0 Å². The van der Waals surface area contributed by atoms with Gasteiger partial charge in [-0.1, -0.05) is 11.6 Å². The number of hydrogen-bond donors (Lipinski definition) is 1. The molecule has 2 rings (SSSR count). The molecule has 0 bridgehead atoms. The molecule has 2 N–H and O–H groups in total. The Labute approximate surface area is 119 Å². The molecule has 1 unspecified atom stereocenters. The summed E-state index contributed by atoms with van der Waals surface area (Å²) < 4.78 is 7.39. The molecule has 7 heteroatoms. The lowest BCUT2D eigenvalue weighted by Gasteiger charge is -2.09. The van der Waals surface area contributed by atoms with Crippen molar-refractivity contribution in [3.63, 3.8) is 0 Å². The maximum atomic E-state index is 11.9. The molecule has 2 aromatic heterocycles. The smallest absolute Gasteiger partial charge is 0.270 e. The van der Waals surface area contributed by atoms with Crippen molar-refractivity contribution in [1.29, 1.82) is 0 Å². The molecule has 102 valence electrons. The molecule has 0 radical (unpaired) electrons. The predicted molar refractivity (Wildman–Crippen MR) is 76.1 cm³/mol. The van der Waals surface area contributed by atoms with Crippen molar-refractivity contribution in [3.8, 4) is 5.75 Å². The zero-order valence-electron chi connectivity index (χ0n) is 10.4. The number of nitrogens with two attached hydrogens (primary N) is 1. The molecular formula is C12H14ClN3O2S. The van der Waals surface area contributed by atoms with Gasteiger partial charge < -0.3 is 10.5 Å². The van der Waals surface area contributed by atoms with E-state index in [1.54, 1.807) is 6.07 Å². The van der Waals surface area contributed by atoms with E-state index in [0.29, 0.717) is 23.2 Å². The molecule has 0 aliphatic heterocycles. The standard InChI is InChI=1S/C12H14ClN3O2S/c1-8(14)7-18-9-4-12(17)16(15-5-9)6-10-2-3-11(13)19-10/h2-5,8H,6-7,14H2,1H3. The third-order valence-corrected chi connectivity index (χ3v) is 3.51. The number of thiophene rings is 1. The summed E-state index contributed by atoms with van der Waals surface area (Å²) in [5, 5.41) is 4.06. The largest absolute Gasteiger partial charge is 0.490 e. The first-order valence-corrected chi connectivity index (χ1v) is 6.94. The van der Waals surface area contributed by atoms with Gasteiger partial charge in [-0.05, 0) is 19.1 Å². The molecule has 0 aromatic carbocycles. The van der Waals surface area contributed by atoms with E-state index in [9.17, 15) is 4.79 Å². The summed E-state index contributed by atoms with van der Waals surface area (Å²) >= 11 is 7.27. The third-order valence-electron chi connectivity index (χ3n) is 2.29. The van der Waals surface area contributed by atoms with Gasteiger partial charge in [0, 0.05) is 17.0 Å². The van der Waals surface area contributed by atoms with Crippen LogP contribution in [0.5, 0.6) is 5.75 Å². The fraction of sp³-hybridized carbons (Fsp3) is 0.333. The quantitative estimate of drug-likeness (QED) is 0.913. The number of aromatic nitrogens is 2. The Morgan fingerprint density at radius 3 is 2.95 bits per heavy atom. The van der Waals surface area contributed by atoms with Crippen LogP contribution in [0.15, 0.2) is 29.2 Å². The van der Waals surface area contributed by atoms with Crippen molar-refractivity contribution in [2.45, 2.75) is 19.5 Å². The Morgan fingerprint density at radius 1 is 1.58 bits per heavy atom. The van der Waals surface area contributed by atoms with Gasteiger partial charge in [-0.25, -0.2) is 4.68 Å². The zero-order valence-corrected chi connectivity index (χ0v) is 11.9. The summed E-state index contributed by atoms with van der Waals surface area (Å²) in [4.78, 5) is 12.8. The lowest BCUT2D eigenvalue weighted by atomic mass is 10.4. The van der Waals surface area contributed by atoms with Crippen LogP contribution in [0.1, 0.15) is 11.8 Å². The average molecular weight is 300 g/mol. The molecule has 5 nitrogen and oxygen atoms in total. The molecule has 0 fully saturated rings. The highest BCUT2D eigenvalue weighted by Gasteiger charge is 2.05. The van der Waals surface area contributed by atoms with Crippen LogP contribution in [0.3, 0.4) is 0 Å². The summed E-state index contributed by atoms with van der Waals surface area (Å²) in [5.74, 6) is 0.433. The van der Waals surface area contributed by atoms with Gasteiger partial charge in [-0.3, -0.25) is 4.79 Å². The monoisotopic (exact) mass is 299 g/mol. The van der Waals surface area contributed by atoms with Crippen molar-refractivity contribution >= 4 is 22.9 Å². The van der Waals surface area contributed by atoms with Crippen molar-refractivity contribution in [2.24, 2.45) is 5.73 Å². The van der Waals surface area contributed by atoms with Crippen LogP contribution in [0.4, 0.5) is 0 Å². The SMILES string of the molecule is CC(N)COc1cnn(Cc2ccc(Cl)s2)c(=O)c1. The highest BCUT2D eigenvalue weighted by molar-refractivity contribution is 7.16. The van der Waals surface area contributed by atoms with E-state index < -0.39 is 0 Å². The molecule has 0 saturated heterocycles. The Morgan fingerprint density at radius 2 is 2.37 bits per heavy atom. The zero-order chi connectivity index (χ0) is 13.8. The molecule has 0 spiro atoms. The first-order chi connectivity index (χ1) is 9.04. The van der Waals surface area contributed by atoms with Crippen LogP contribution >= 0.6 is 22.9 Å². The van der Waals surface area contributed by atoms with Gasteiger partial charge >= 0.3 is 0 Å². The highest BCUT2D eigenvalue weighted by Crippen LogP contribution is 2.21. The Kier molecular flexibility index (Phi) is 4.57. The minimum absolute atomic E-state index is 0.0873. The van der Waals surface area contributed by atoms with Crippen LogP contribution in [0.2, 0.25) is 4.34 Å². The molecule has 0 aliphatic carbocycles. The molecule has 0 saturated carbocycles. The lowest BCUT2D eigenvalue weighted by Crippen LogP contribution is -2.26. The highest BCUT2D eigenvalue weighted by atomic mass is 35.5. The van der Waals surface area contributed by atoms with Crippen LogP contribution < -0.4 is 16.0 Å². The summed E-state index contributed by atoms with van der Waals surface area (Å²) in [6.45, 7) is 2.59.